The number of ether oxygens (including phenoxy) is 2. The molecule has 366 valence electrons. The first kappa shape index (κ1) is 60.9. The number of unbranched alkanes of at least 4 members (excludes halogenated alkanes) is 17. The number of phosphoric acid groups is 1. The molecule has 0 aromatic heterocycles. The molecule has 0 aliphatic rings. The standard InChI is InChI=1S/C54H92NO8P/c1-3-5-7-9-11-13-15-17-19-21-23-24-25-26-27-28-29-31-33-35-37-39-41-43-45-47-54(57)63-52(51-62-64(58,59)61-49-48-55)50-60-53(56)46-44-42-40-38-36-34-32-30-22-20-18-16-14-12-10-8-6-4-2/h5,7,11,13,17,19-20,22-24,26-27,29,31,35,37,52H,3-4,6,8-10,12,14-16,18,21,25,28,30,32-34,36,38-51,55H2,1-2H3,(H,58,59)/b7-5-,13-11-,19-17-,22-20-,24-23-,27-26-,31-29-,37-35-. The predicted octanol–water partition coefficient (Wildman–Crippen LogP) is 15.3. The van der Waals surface area contributed by atoms with E-state index in [0.717, 1.165) is 96.3 Å². The predicted molar refractivity (Wildman–Crippen MR) is 270 cm³/mol. The number of nitrogens with two attached hydrogens (primary N) is 1. The number of hydrogen-bond acceptors (Lipinski definition) is 8. The minimum absolute atomic E-state index is 0.0419. The van der Waals surface area contributed by atoms with Gasteiger partial charge in [-0.2, -0.15) is 0 Å². The van der Waals surface area contributed by atoms with Gasteiger partial charge in [0.1, 0.15) is 6.61 Å². The third-order valence-electron chi connectivity index (χ3n) is 10.2. The monoisotopic (exact) mass is 914 g/mol. The number of phosphoric ester groups is 1. The van der Waals surface area contributed by atoms with Gasteiger partial charge in [-0.1, -0.05) is 188 Å². The van der Waals surface area contributed by atoms with Crippen LogP contribution < -0.4 is 5.73 Å². The molecule has 2 atom stereocenters. The van der Waals surface area contributed by atoms with Crippen LogP contribution >= 0.6 is 7.82 Å². The molecule has 64 heavy (non-hydrogen) atoms. The zero-order chi connectivity index (χ0) is 46.7. The zero-order valence-electron chi connectivity index (χ0n) is 40.5. The Morgan fingerprint density at radius 3 is 1.31 bits per heavy atom. The fraction of sp³-hybridized carbons (Fsp3) is 0.667. The van der Waals surface area contributed by atoms with Crippen molar-refractivity contribution in [3.63, 3.8) is 0 Å². The van der Waals surface area contributed by atoms with Crippen molar-refractivity contribution in [1.82, 2.24) is 0 Å². The minimum Gasteiger partial charge on any atom is -0.462 e. The molecule has 0 aliphatic carbocycles. The summed E-state index contributed by atoms with van der Waals surface area (Å²) in [5.41, 5.74) is 5.36. The van der Waals surface area contributed by atoms with E-state index < -0.39 is 32.5 Å². The van der Waals surface area contributed by atoms with E-state index in [1.54, 1.807) is 0 Å². The quantitative estimate of drug-likeness (QED) is 0.0265. The van der Waals surface area contributed by atoms with E-state index in [-0.39, 0.29) is 32.6 Å². The van der Waals surface area contributed by atoms with Gasteiger partial charge in [-0.25, -0.2) is 4.57 Å². The van der Waals surface area contributed by atoms with Crippen LogP contribution in [0.25, 0.3) is 0 Å². The summed E-state index contributed by atoms with van der Waals surface area (Å²) in [6.45, 7) is 3.57. The van der Waals surface area contributed by atoms with Crippen LogP contribution in [0.4, 0.5) is 0 Å². The van der Waals surface area contributed by atoms with Gasteiger partial charge in [0.2, 0.25) is 0 Å². The van der Waals surface area contributed by atoms with Crippen molar-refractivity contribution in [2.75, 3.05) is 26.4 Å². The van der Waals surface area contributed by atoms with E-state index in [1.165, 1.54) is 70.6 Å². The Morgan fingerprint density at radius 1 is 0.484 bits per heavy atom. The molecular formula is C54H92NO8P. The Balaban J connectivity index is 4.18. The summed E-state index contributed by atoms with van der Waals surface area (Å²) in [6, 6.07) is 0. The van der Waals surface area contributed by atoms with Gasteiger partial charge in [0.25, 0.3) is 0 Å². The molecule has 0 aliphatic heterocycles. The number of rotatable bonds is 46. The van der Waals surface area contributed by atoms with Crippen molar-refractivity contribution in [1.29, 1.82) is 0 Å². The number of hydrogen-bond donors (Lipinski definition) is 2. The number of carbonyl (C=O) groups is 2. The highest BCUT2D eigenvalue weighted by Gasteiger charge is 2.26. The molecule has 0 fully saturated rings. The largest absolute Gasteiger partial charge is 0.472 e. The molecule has 0 spiro atoms. The molecule has 0 bridgehead atoms. The van der Waals surface area contributed by atoms with Gasteiger partial charge >= 0.3 is 19.8 Å². The van der Waals surface area contributed by atoms with Crippen LogP contribution in [-0.2, 0) is 32.7 Å². The lowest BCUT2D eigenvalue weighted by molar-refractivity contribution is -0.161. The number of esters is 2. The Morgan fingerprint density at radius 2 is 0.859 bits per heavy atom. The molecule has 3 N–H and O–H groups in total. The second kappa shape index (κ2) is 49.4. The molecule has 9 nitrogen and oxygen atoms in total. The topological polar surface area (TPSA) is 134 Å². The molecule has 0 rings (SSSR count). The van der Waals surface area contributed by atoms with E-state index in [2.05, 4.69) is 111 Å². The highest BCUT2D eigenvalue weighted by molar-refractivity contribution is 7.47. The summed E-state index contributed by atoms with van der Waals surface area (Å²) in [5.74, 6) is -0.877. The first-order chi connectivity index (χ1) is 31.3. The van der Waals surface area contributed by atoms with Crippen molar-refractivity contribution in [3.05, 3.63) is 97.2 Å². The molecule has 0 amide bonds. The van der Waals surface area contributed by atoms with Crippen molar-refractivity contribution in [3.8, 4) is 0 Å². The second-order valence-electron chi connectivity index (χ2n) is 16.3. The fourth-order valence-electron chi connectivity index (χ4n) is 6.49. The average Bonchev–Trinajstić information content (AvgIpc) is 3.28. The Hall–Kier alpha value is -3.07. The summed E-state index contributed by atoms with van der Waals surface area (Å²) in [7, 11) is -4.40. The van der Waals surface area contributed by atoms with Gasteiger partial charge in [0.15, 0.2) is 6.10 Å². The first-order valence-corrected chi connectivity index (χ1v) is 26.7. The maximum Gasteiger partial charge on any atom is 0.472 e. The zero-order valence-corrected chi connectivity index (χ0v) is 41.4. The second-order valence-corrected chi connectivity index (χ2v) is 17.8. The SMILES string of the molecule is CC/C=C\C/C=C\C/C=C\C/C=C\C/C=C\C/C=C\C/C=C\CCCCCC(=O)OC(COC(=O)CCCCCCCCC/C=C\CCCCCCCCC)COP(=O)(O)OCCN. The van der Waals surface area contributed by atoms with E-state index in [0.29, 0.717) is 6.42 Å². The van der Waals surface area contributed by atoms with Crippen LogP contribution in [0.15, 0.2) is 97.2 Å². The van der Waals surface area contributed by atoms with Crippen LogP contribution in [0, 0.1) is 0 Å². The molecular weight excluding hydrogens is 822 g/mol. The maximum absolute atomic E-state index is 12.6. The average molecular weight is 914 g/mol. The van der Waals surface area contributed by atoms with E-state index in [1.807, 2.05) is 0 Å². The molecule has 10 heteroatoms. The van der Waals surface area contributed by atoms with Crippen molar-refractivity contribution in [2.24, 2.45) is 5.73 Å². The number of carbonyl (C=O) groups excluding carboxylic acids is 2. The van der Waals surface area contributed by atoms with Crippen molar-refractivity contribution < 1.29 is 37.6 Å². The highest BCUT2D eigenvalue weighted by atomic mass is 31.2. The molecule has 2 unspecified atom stereocenters. The molecule has 0 radical (unpaired) electrons. The molecule has 0 saturated heterocycles. The Labute approximate surface area is 391 Å². The first-order valence-electron chi connectivity index (χ1n) is 25.2. The third-order valence-corrected chi connectivity index (χ3v) is 11.2. The Kier molecular flexibility index (Phi) is 47.0. The van der Waals surface area contributed by atoms with Gasteiger partial charge in [0.05, 0.1) is 13.2 Å². The lowest BCUT2D eigenvalue weighted by Crippen LogP contribution is -2.29. The molecule has 0 saturated carbocycles. The van der Waals surface area contributed by atoms with Crippen LogP contribution in [0.3, 0.4) is 0 Å². The highest BCUT2D eigenvalue weighted by Crippen LogP contribution is 2.43. The summed E-state index contributed by atoms with van der Waals surface area (Å²) in [5, 5.41) is 0. The molecule has 0 heterocycles. The van der Waals surface area contributed by atoms with Gasteiger partial charge in [0, 0.05) is 19.4 Å². The number of allylic oxidation sites excluding steroid dienone is 16. The van der Waals surface area contributed by atoms with Gasteiger partial charge in [-0.05, 0) is 96.3 Å². The van der Waals surface area contributed by atoms with Crippen molar-refractivity contribution >= 4 is 19.8 Å². The van der Waals surface area contributed by atoms with Gasteiger partial charge < -0.3 is 20.1 Å². The van der Waals surface area contributed by atoms with E-state index in [4.69, 9.17) is 24.3 Å². The normalized spacial score (nSPS) is 14.0. The van der Waals surface area contributed by atoms with E-state index in [9.17, 15) is 19.0 Å². The molecule has 0 aromatic rings. The smallest absolute Gasteiger partial charge is 0.462 e. The van der Waals surface area contributed by atoms with Crippen LogP contribution in [0.1, 0.15) is 200 Å². The lowest BCUT2D eigenvalue weighted by Gasteiger charge is -2.19. The minimum atomic E-state index is -4.40. The molecule has 0 aromatic carbocycles. The summed E-state index contributed by atoms with van der Waals surface area (Å²) < 4.78 is 32.9. The van der Waals surface area contributed by atoms with Crippen LogP contribution in [-0.4, -0.2) is 49.3 Å². The summed E-state index contributed by atoms with van der Waals surface area (Å²) >= 11 is 0. The Bertz CT molecular complexity index is 1360. The van der Waals surface area contributed by atoms with Gasteiger partial charge in [-0.15, -0.1) is 0 Å². The van der Waals surface area contributed by atoms with Crippen LogP contribution in [0.5, 0.6) is 0 Å². The third kappa shape index (κ3) is 48.4. The lowest BCUT2D eigenvalue weighted by atomic mass is 10.1. The van der Waals surface area contributed by atoms with E-state index >= 15 is 0 Å². The maximum atomic E-state index is 12.6. The summed E-state index contributed by atoms with van der Waals surface area (Å²) in [6.07, 6.45) is 64.4. The van der Waals surface area contributed by atoms with Crippen molar-refractivity contribution in [2.45, 2.75) is 206 Å². The van der Waals surface area contributed by atoms with Crippen LogP contribution in [0.2, 0.25) is 0 Å². The fourth-order valence-corrected chi connectivity index (χ4v) is 7.26. The van der Waals surface area contributed by atoms with Gasteiger partial charge in [-0.3, -0.25) is 18.6 Å². The summed E-state index contributed by atoms with van der Waals surface area (Å²) in [4.78, 5) is 35.0.